The van der Waals surface area contributed by atoms with Crippen LogP contribution in [0.3, 0.4) is 0 Å². The van der Waals surface area contributed by atoms with Crippen LogP contribution in [0.15, 0.2) is 78.9 Å². The van der Waals surface area contributed by atoms with Crippen molar-refractivity contribution in [2.24, 2.45) is 0 Å². The zero-order valence-electron chi connectivity index (χ0n) is 19.5. The summed E-state index contributed by atoms with van der Waals surface area (Å²) in [6.45, 7) is 0.833. The lowest BCUT2D eigenvalue weighted by Crippen LogP contribution is -2.26. The SMILES string of the molecule is Oc1ccc(C2COc3cc(O)ccc3C2c2cc(C3COc4cc(O)ccc4C3)ccc2O)cc1. The van der Waals surface area contributed by atoms with Crippen LogP contribution in [0.5, 0.6) is 34.5 Å². The first-order valence-electron chi connectivity index (χ1n) is 12.0. The molecule has 0 spiro atoms. The number of hydrogen-bond acceptors (Lipinski definition) is 6. The maximum Gasteiger partial charge on any atom is 0.126 e. The van der Waals surface area contributed by atoms with Gasteiger partial charge in [-0.2, -0.15) is 0 Å². The summed E-state index contributed by atoms with van der Waals surface area (Å²) >= 11 is 0. The molecule has 3 atom stereocenters. The van der Waals surface area contributed by atoms with Crippen LogP contribution in [0.25, 0.3) is 0 Å². The molecule has 2 aliphatic heterocycles. The van der Waals surface area contributed by atoms with Crippen molar-refractivity contribution in [3.8, 4) is 34.5 Å². The molecule has 0 aliphatic carbocycles. The van der Waals surface area contributed by atoms with Crippen LogP contribution in [0.1, 0.15) is 45.6 Å². The molecular formula is C30H26O6. The molecule has 36 heavy (non-hydrogen) atoms. The van der Waals surface area contributed by atoms with Crippen molar-refractivity contribution in [2.75, 3.05) is 13.2 Å². The normalized spacial score (nSPS) is 20.5. The zero-order valence-corrected chi connectivity index (χ0v) is 19.5. The molecule has 0 saturated heterocycles. The maximum absolute atomic E-state index is 11.1. The van der Waals surface area contributed by atoms with E-state index in [1.165, 1.54) is 0 Å². The van der Waals surface area contributed by atoms with Crippen LogP contribution in [0, 0.1) is 0 Å². The number of benzene rings is 4. The Labute approximate surface area is 208 Å². The van der Waals surface area contributed by atoms with Gasteiger partial charge < -0.3 is 29.9 Å². The van der Waals surface area contributed by atoms with Gasteiger partial charge in [-0.25, -0.2) is 0 Å². The van der Waals surface area contributed by atoms with Crippen molar-refractivity contribution in [1.82, 2.24) is 0 Å². The Balaban J connectivity index is 1.43. The highest BCUT2D eigenvalue weighted by Gasteiger charge is 2.36. The fourth-order valence-corrected chi connectivity index (χ4v) is 5.44. The largest absolute Gasteiger partial charge is 0.508 e. The predicted octanol–water partition coefficient (Wildman–Crippen LogP) is 5.54. The van der Waals surface area contributed by atoms with Gasteiger partial charge >= 0.3 is 0 Å². The molecule has 0 amide bonds. The first-order chi connectivity index (χ1) is 17.5. The summed E-state index contributed by atoms with van der Waals surface area (Å²) in [6, 6.07) is 23.1. The Bertz CT molecular complexity index is 1430. The van der Waals surface area contributed by atoms with Gasteiger partial charge in [-0.05, 0) is 53.4 Å². The van der Waals surface area contributed by atoms with E-state index in [4.69, 9.17) is 9.47 Å². The quantitative estimate of drug-likeness (QED) is 0.306. The van der Waals surface area contributed by atoms with Gasteiger partial charge in [0.1, 0.15) is 34.5 Å². The minimum atomic E-state index is -0.229. The van der Waals surface area contributed by atoms with Gasteiger partial charge in [-0.1, -0.05) is 36.4 Å². The Kier molecular flexibility index (Phi) is 5.37. The highest BCUT2D eigenvalue weighted by molar-refractivity contribution is 5.54. The minimum absolute atomic E-state index is 0.0904. The molecule has 0 fully saturated rings. The van der Waals surface area contributed by atoms with Crippen molar-refractivity contribution in [1.29, 1.82) is 0 Å². The maximum atomic E-state index is 11.1. The van der Waals surface area contributed by atoms with Crippen molar-refractivity contribution < 1.29 is 29.9 Å². The smallest absolute Gasteiger partial charge is 0.126 e. The van der Waals surface area contributed by atoms with Gasteiger partial charge in [0, 0.05) is 41.0 Å². The molecule has 4 aromatic carbocycles. The van der Waals surface area contributed by atoms with Crippen molar-refractivity contribution in [3.63, 3.8) is 0 Å². The summed E-state index contributed by atoms with van der Waals surface area (Å²) < 4.78 is 12.0. The second-order valence-electron chi connectivity index (χ2n) is 9.53. The van der Waals surface area contributed by atoms with E-state index in [0.29, 0.717) is 24.7 Å². The van der Waals surface area contributed by atoms with Crippen LogP contribution in [-0.2, 0) is 6.42 Å². The molecule has 6 heteroatoms. The van der Waals surface area contributed by atoms with E-state index in [1.54, 1.807) is 42.5 Å². The van der Waals surface area contributed by atoms with E-state index >= 15 is 0 Å². The van der Waals surface area contributed by atoms with Crippen molar-refractivity contribution in [3.05, 3.63) is 107 Å². The monoisotopic (exact) mass is 482 g/mol. The molecular weight excluding hydrogens is 456 g/mol. The summed E-state index contributed by atoms with van der Waals surface area (Å²) in [6.07, 6.45) is 0.763. The number of hydrogen-bond donors (Lipinski definition) is 4. The third kappa shape index (κ3) is 3.94. The van der Waals surface area contributed by atoms with E-state index < -0.39 is 0 Å². The molecule has 6 nitrogen and oxygen atoms in total. The zero-order chi connectivity index (χ0) is 24.8. The molecule has 0 saturated carbocycles. The summed E-state index contributed by atoms with van der Waals surface area (Å²) in [5.74, 6) is 1.73. The second kappa shape index (κ2) is 8.72. The Hall–Kier alpha value is -4.32. The van der Waals surface area contributed by atoms with Crippen LogP contribution in [0.4, 0.5) is 0 Å². The van der Waals surface area contributed by atoms with Gasteiger partial charge in [0.05, 0.1) is 13.2 Å². The lowest BCUT2D eigenvalue weighted by molar-refractivity contribution is 0.245. The predicted molar refractivity (Wildman–Crippen MR) is 134 cm³/mol. The van der Waals surface area contributed by atoms with Gasteiger partial charge in [0.25, 0.3) is 0 Å². The number of phenolic OH excluding ortho intramolecular Hbond substituents is 4. The van der Waals surface area contributed by atoms with Crippen LogP contribution in [0.2, 0.25) is 0 Å². The molecule has 0 aromatic heterocycles. The number of aromatic hydroxyl groups is 4. The summed E-state index contributed by atoms with van der Waals surface area (Å²) in [7, 11) is 0. The lowest BCUT2D eigenvalue weighted by Gasteiger charge is -2.35. The number of rotatable bonds is 3. The topological polar surface area (TPSA) is 99.4 Å². The molecule has 0 bridgehead atoms. The summed E-state index contributed by atoms with van der Waals surface area (Å²) in [5, 5.41) is 40.7. The third-order valence-corrected chi connectivity index (χ3v) is 7.29. The Morgan fingerprint density at radius 3 is 2.06 bits per heavy atom. The average Bonchev–Trinajstić information content (AvgIpc) is 2.88. The second-order valence-corrected chi connectivity index (χ2v) is 9.53. The highest BCUT2D eigenvalue weighted by atomic mass is 16.5. The molecule has 2 aliphatic rings. The summed E-state index contributed by atoms with van der Waals surface area (Å²) in [4.78, 5) is 0. The number of phenols is 4. The molecule has 0 radical (unpaired) electrons. The van der Waals surface area contributed by atoms with Crippen LogP contribution in [-0.4, -0.2) is 33.6 Å². The Morgan fingerprint density at radius 2 is 1.25 bits per heavy atom. The molecule has 4 N–H and O–H groups in total. The number of ether oxygens (including phenoxy) is 2. The van der Waals surface area contributed by atoms with E-state index in [2.05, 4.69) is 6.07 Å². The average molecular weight is 483 g/mol. The fourth-order valence-electron chi connectivity index (χ4n) is 5.44. The van der Waals surface area contributed by atoms with Gasteiger partial charge in [-0.15, -0.1) is 0 Å². The number of fused-ring (bicyclic) bond motifs is 2. The molecule has 4 aromatic rings. The van der Waals surface area contributed by atoms with E-state index in [9.17, 15) is 20.4 Å². The van der Waals surface area contributed by atoms with E-state index in [-0.39, 0.29) is 40.8 Å². The van der Waals surface area contributed by atoms with Gasteiger partial charge in [-0.3, -0.25) is 0 Å². The third-order valence-electron chi connectivity index (χ3n) is 7.29. The van der Waals surface area contributed by atoms with Gasteiger partial charge in [0.15, 0.2) is 0 Å². The molecule has 2 heterocycles. The summed E-state index contributed by atoms with van der Waals surface area (Å²) in [5.41, 5.74) is 4.73. The van der Waals surface area contributed by atoms with Crippen molar-refractivity contribution >= 4 is 0 Å². The molecule has 3 unspecified atom stereocenters. The first-order valence-corrected chi connectivity index (χ1v) is 12.0. The first kappa shape index (κ1) is 22.2. The minimum Gasteiger partial charge on any atom is -0.508 e. The molecule has 6 rings (SSSR count). The Morgan fingerprint density at radius 1 is 0.583 bits per heavy atom. The lowest BCUT2D eigenvalue weighted by atomic mass is 9.74. The standard InChI is InChI=1S/C30H26O6/c31-21-5-1-17(2-6-21)26-16-36-29-14-23(33)8-9-24(29)30(26)25-12-18(4-10-27(25)34)20-11-19-3-7-22(32)13-28(19)35-15-20/h1-10,12-14,20,26,30-34H,11,15-16H2. The van der Waals surface area contributed by atoms with E-state index in [0.717, 1.165) is 34.2 Å². The highest BCUT2D eigenvalue weighted by Crippen LogP contribution is 2.50. The van der Waals surface area contributed by atoms with Crippen molar-refractivity contribution in [2.45, 2.75) is 24.2 Å². The van der Waals surface area contributed by atoms with E-state index in [1.807, 2.05) is 30.3 Å². The van der Waals surface area contributed by atoms with Crippen LogP contribution < -0.4 is 9.47 Å². The molecule has 182 valence electrons. The van der Waals surface area contributed by atoms with Crippen LogP contribution >= 0.6 is 0 Å². The fraction of sp³-hybridized carbons (Fsp3) is 0.200. The van der Waals surface area contributed by atoms with Gasteiger partial charge in [0.2, 0.25) is 0 Å².